The van der Waals surface area contributed by atoms with E-state index in [0.29, 0.717) is 18.8 Å². The van der Waals surface area contributed by atoms with Gasteiger partial charge in [-0.3, -0.25) is 14.6 Å². The molecule has 2 aromatic rings. The second-order valence-corrected chi connectivity index (χ2v) is 3.92. The van der Waals surface area contributed by atoms with Crippen molar-refractivity contribution in [2.75, 3.05) is 5.32 Å². The van der Waals surface area contributed by atoms with E-state index in [2.05, 4.69) is 20.6 Å². The molecule has 2 aromatic heterocycles. The van der Waals surface area contributed by atoms with Crippen LogP contribution in [0.15, 0.2) is 18.3 Å². The smallest absolute Gasteiger partial charge is 0.227 e. The number of aromatic amines is 1. The number of aromatic nitrogens is 4. The van der Waals surface area contributed by atoms with Crippen LogP contribution in [0.2, 0.25) is 0 Å². The maximum absolute atomic E-state index is 11.6. The highest BCUT2D eigenvalue weighted by atomic mass is 16.1. The van der Waals surface area contributed by atoms with Crippen molar-refractivity contribution < 1.29 is 4.79 Å². The molecule has 0 radical (unpaired) electrons. The number of rotatable bonds is 4. The minimum atomic E-state index is -0.0539. The lowest BCUT2D eigenvalue weighted by atomic mass is 10.3. The van der Waals surface area contributed by atoms with Crippen molar-refractivity contribution in [3.63, 3.8) is 0 Å². The standard InChI is InChI=1S/C11H15N5O/c1-8-7-9(2)16(15-8)6-4-11(17)13-10-3-5-12-14-10/h3,5,7H,4,6H2,1-2H3,(H2,12,13,14,17). The minimum Gasteiger partial charge on any atom is -0.311 e. The maximum Gasteiger partial charge on any atom is 0.227 e. The van der Waals surface area contributed by atoms with Crippen molar-refractivity contribution in [3.8, 4) is 0 Å². The summed E-state index contributed by atoms with van der Waals surface area (Å²) >= 11 is 0. The van der Waals surface area contributed by atoms with E-state index in [1.807, 2.05) is 24.6 Å². The van der Waals surface area contributed by atoms with Gasteiger partial charge in [0.25, 0.3) is 0 Å². The van der Waals surface area contributed by atoms with E-state index in [9.17, 15) is 4.79 Å². The topological polar surface area (TPSA) is 75.6 Å². The van der Waals surface area contributed by atoms with Crippen LogP contribution in [-0.2, 0) is 11.3 Å². The highest BCUT2D eigenvalue weighted by Gasteiger charge is 2.06. The van der Waals surface area contributed by atoms with Crippen molar-refractivity contribution in [1.29, 1.82) is 0 Å². The van der Waals surface area contributed by atoms with Crippen LogP contribution in [0.4, 0.5) is 5.82 Å². The summed E-state index contributed by atoms with van der Waals surface area (Å²) in [6.07, 6.45) is 1.98. The van der Waals surface area contributed by atoms with Gasteiger partial charge in [0, 0.05) is 24.7 Å². The summed E-state index contributed by atoms with van der Waals surface area (Å²) in [6, 6.07) is 3.70. The van der Waals surface area contributed by atoms with Crippen LogP contribution in [0, 0.1) is 13.8 Å². The number of amides is 1. The Hall–Kier alpha value is -2.11. The summed E-state index contributed by atoms with van der Waals surface area (Å²) in [5, 5.41) is 13.4. The number of nitrogens with zero attached hydrogens (tertiary/aromatic N) is 3. The summed E-state index contributed by atoms with van der Waals surface area (Å²) in [5.41, 5.74) is 2.04. The average Bonchev–Trinajstić information content (AvgIpc) is 2.86. The van der Waals surface area contributed by atoms with Gasteiger partial charge in [-0.1, -0.05) is 0 Å². The Labute approximate surface area is 99.0 Å². The van der Waals surface area contributed by atoms with E-state index < -0.39 is 0 Å². The molecule has 90 valence electrons. The summed E-state index contributed by atoms with van der Waals surface area (Å²) in [5.74, 6) is 0.560. The predicted molar refractivity (Wildman–Crippen MR) is 63.5 cm³/mol. The molecule has 2 rings (SSSR count). The first-order valence-electron chi connectivity index (χ1n) is 5.45. The molecule has 6 heteroatoms. The van der Waals surface area contributed by atoms with E-state index in [4.69, 9.17) is 0 Å². The van der Waals surface area contributed by atoms with Crippen LogP contribution >= 0.6 is 0 Å². The molecule has 0 aliphatic rings. The second-order valence-electron chi connectivity index (χ2n) is 3.92. The first-order chi connectivity index (χ1) is 8.15. The molecule has 2 heterocycles. The normalized spacial score (nSPS) is 10.5. The highest BCUT2D eigenvalue weighted by Crippen LogP contribution is 2.04. The molecule has 17 heavy (non-hydrogen) atoms. The molecular formula is C11H15N5O. The van der Waals surface area contributed by atoms with Gasteiger partial charge >= 0.3 is 0 Å². The van der Waals surface area contributed by atoms with Gasteiger partial charge in [-0.05, 0) is 19.9 Å². The van der Waals surface area contributed by atoms with Gasteiger partial charge in [-0.15, -0.1) is 0 Å². The number of carbonyl (C=O) groups is 1. The summed E-state index contributed by atoms with van der Waals surface area (Å²) in [6.45, 7) is 4.50. The predicted octanol–water partition coefficient (Wildman–Crippen LogP) is 1.25. The monoisotopic (exact) mass is 233 g/mol. The third-order valence-electron chi connectivity index (χ3n) is 2.43. The second kappa shape index (κ2) is 4.82. The van der Waals surface area contributed by atoms with Gasteiger partial charge in [-0.2, -0.15) is 10.2 Å². The van der Waals surface area contributed by atoms with Gasteiger partial charge < -0.3 is 5.32 Å². The SMILES string of the molecule is Cc1cc(C)n(CCC(=O)Nc2ccn[nH]2)n1. The molecule has 2 N–H and O–H groups in total. The molecule has 0 aliphatic carbocycles. The zero-order valence-electron chi connectivity index (χ0n) is 9.90. The van der Waals surface area contributed by atoms with Crippen molar-refractivity contribution in [3.05, 3.63) is 29.7 Å². The van der Waals surface area contributed by atoms with Gasteiger partial charge in [0.1, 0.15) is 5.82 Å². The van der Waals surface area contributed by atoms with Crippen molar-refractivity contribution in [2.24, 2.45) is 0 Å². The quantitative estimate of drug-likeness (QED) is 0.834. The lowest BCUT2D eigenvalue weighted by molar-refractivity contribution is -0.116. The number of hydrogen-bond acceptors (Lipinski definition) is 3. The van der Waals surface area contributed by atoms with E-state index >= 15 is 0 Å². The fraction of sp³-hybridized carbons (Fsp3) is 0.364. The van der Waals surface area contributed by atoms with Crippen LogP contribution < -0.4 is 5.32 Å². The molecule has 0 saturated heterocycles. The van der Waals surface area contributed by atoms with Crippen molar-refractivity contribution >= 4 is 11.7 Å². The maximum atomic E-state index is 11.6. The molecule has 0 fully saturated rings. The number of H-pyrrole nitrogens is 1. The number of carbonyl (C=O) groups excluding carboxylic acids is 1. The minimum absolute atomic E-state index is 0.0539. The molecule has 6 nitrogen and oxygen atoms in total. The van der Waals surface area contributed by atoms with Crippen LogP contribution in [0.3, 0.4) is 0 Å². The number of nitrogens with one attached hydrogen (secondary N) is 2. The third kappa shape index (κ3) is 2.93. The van der Waals surface area contributed by atoms with Crippen LogP contribution in [0.25, 0.3) is 0 Å². The van der Waals surface area contributed by atoms with Gasteiger partial charge in [-0.25, -0.2) is 0 Å². The lowest BCUT2D eigenvalue weighted by Crippen LogP contribution is -2.15. The Morgan fingerprint density at radius 2 is 2.35 bits per heavy atom. The fourth-order valence-corrected chi connectivity index (χ4v) is 1.65. The summed E-state index contributed by atoms with van der Waals surface area (Å²) in [7, 11) is 0. The Morgan fingerprint density at radius 1 is 1.53 bits per heavy atom. The van der Waals surface area contributed by atoms with E-state index in [1.165, 1.54) is 0 Å². The third-order valence-corrected chi connectivity index (χ3v) is 2.43. The molecule has 0 bridgehead atoms. The average molecular weight is 233 g/mol. The number of anilines is 1. The summed E-state index contributed by atoms with van der Waals surface area (Å²) in [4.78, 5) is 11.6. The molecular weight excluding hydrogens is 218 g/mol. The number of hydrogen-bond donors (Lipinski definition) is 2. The van der Waals surface area contributed by atoms with Crippen molar-refractivity contribution in [1.82, 2.24) is 20.0 Å². The van der Waals surface area contributed by atoms with Crippen LogP contribution in [0.5, 0.6) is 0 Å². The van der Waals surface area contributed by atoms with Crippen molar-refractivity contribution in [2.45, 2.75) is 26.8 Å². The molecule has 0 spiro atoms. The van der Waals surface area contributed by atoms with E-state index in [1.54, 1.807) is 12.3 Å². The fourth-order valence-electron chi connectivity index (χ4n) is 1.65. The molecule has 0 aliphatic heterocycles. The zero-order chi connectivity index (χ0) is 12.3. The van der Waals surface area contributed by atoms with Gasteiger partial charge in [0.05, 0.1) is 11.9 Å². The molecule has 0 saturated carbocycles. The van der Waals surface area contributed by atoms with Crippen LogP contribution in [0.1, 0.15) is 17.8 Å². The Morgan fingerprint density at radius 3 is 2.94 bits per heavy atom. The zero-order valence-corrected chi connectivity index (χ0v) is 9.90. The Kier molecular flexibility index (Phi) is 3.22. The molecule has 0 unspecified atom stereocenters. The van der Waals surface area contributed by atoms with Crippen LogP contribution in [-0.4, -0.2) is 25.9 Å². The van der Waals surface area contributed by atoms with Gasteiger partial charge in [0.2, 0.25) is 5.91 Å². The molecule has 1 amide bonds. The van der Waals surface area contributed by atoms with E-state index in [0.717, 1.165) is 11.4 Å². The lowest BCUT2D eigenvalue weighted by Gasteiger charge is -2.04. The highest BCUT2D eigenvalue weighted by molar-refractivity contribution is 5.89. The Balaban J connectivity index is 1.86. The molecule has 0 aromatic carbocycles. The summed E-state index contributed by atoms with van der Waals surface area (Å²) < 4.78 is 1.84. The first-order valence-corrected chi connectivity index (χ1v) is 5.45. The Bertz CT molecular complexity index is 500. The van der Waals surface area contributed by atoms with E-state index in [-0.39, 0.29) is 5.91 Å². The molecule has 0 atom stereocenters. The van der Waals surface area contributed by atoms with Gasteiger partial charge in [0.15, 0.2) is 0 Å². The largest absolute Gasteiger partial charge is 0.311 e. The number of aryl methyl sites for hydroxylation is 3. The first kappa shape index (κ1) is 11.4.